The van der Waals surface area contributed by atoms with E-state index in [1.54, 1.807) is 0 Å². The van der Waals surface area contributed by atoms with Gasteiger partial charge in [0.15, 0.2) is 0 Å². The predicted molar refractivity (Wildman–Crippen MR) is 189 cm³/mol. The van der Waals surface area contributed by atoms with Gasteiger partial charge in [-0.25, -0.2) is 0 Å². The van der Waals surface area contributed by atoms with Crippen LogP contribution >= 0.6 is 0 Å². The molecule has 40 heavy (non-hydrogen) atoms. The fourth-order valence-corrected chi connectivity index (χ4v) is 8.12. The zero-order chi connectivity index (χ0) is 31.3. The van der Waals surface area contributed by atoms with Crippen molar-refractivity contribution in [1.29, 1.82) is 0 Å². The standard InChI is InChI=1S/C26H54.C14H30/c1-9-14-17-19-22-25(8,21-18-15-10-2)26(20-12-4,23-16-11-3)24(6,7)13-5;1-7-10-12-14(6,11-8-2)13(4,5)9-3/h9-23H2,1-8H3;7-12H2,1-6H3. The van der Waals surface area contributed by atoms with Gasteiger partial charge < -0.3 is 0 Å². The number of rotatable bonds is 24. The van der Waals surface area contributed by atoms with Crippen LogP contribution in [0.1, 0.15) is 232 Å². The third-order valence-electron chi connectivity index (χ3n) is 12.3. The molecule has 0 amide bonds. The van der Waals surface area contributed by atoms with Crippen LogP contribution < -0.4 is 0 Å². The van der Waals surface area contributed by atoms with E-state index in [1.165, 1.54) is 135 Å². The van der Waals surface area contributed by atoms with Gasteiger partial charge in [-0.2, -0.15) is 0 Å². The molecule has 0 saturated carbocycles. The fraction of sp³-hybridized carbons (Fsp3) is 1.00. The smallest absolute Gasteiger partial charge is 0.0193 e. The Kier molecular flexibility index (Phi) is 22.8. The van der Waals surface area contributed by atoms with Crippen molar-refractivity contribution in [2.24, 2.45) is 27.1 Å². The number of unbranched alkanes of at least 4 members (excludes halogenated alkanes) is 7. The summed E-state index contributed by atoms with van der Waals surface area (Å²) in [6.07, 6.45) is 29.1. The third kappa shape index (κ3) is 12.7. The zero-order valence-corrected chi connectivity index (χ0v) is 31.3. The van der Waals surface area contributed by atoms with Gasteiger partial charge in [-0.05, 0) is 65.6 Å². The van der Waals surface area contributed by atoms with Gasteiger partial charge in [0.2, 0.25) is 0 Å². The topological polar surface area (TPSA) is 0 Å². The molecule has 0 aliphatic rings. The van der Waals surface area contributed by atoms with Crippen LogP contribution in [0.5, 0.6) is 0 Å². The van der Waals surface area contributed by atoms with Crippen LogP contribution in [0.4, 0.5) is 0 Å². The van der Waals surface area contributed by atoms with Gasteiger partial charge >= 0.3 is 0 Å². The van der Waals surface area contributed by atoms with E-state index in [-0.39, 0.29) is 0 Å². The quantitative estimate of drug-likeness (QED) is 0.102. The van der Waals surface area contributed by atoms with Crippen molar-refractivity contribution in [2.45, 2.75) is 232 Å². The Labute approximate surface area is 258 Å². The molecule has 0 heterocycles. The van der Waals surface area contributed by atoms with Gasteiger partial charge in [0.05, 0.1) is 0 Å². The van der Waals surface area contributed by atoms with Gasteiger partial charge in [-0.3, -0.25) is 0 Å². The highest BCUT2D eigenvalue weighted by atomic mass is 14.6. The van der Waals surface area contributed by atoms with Crippen LogP contribution in [-0.4, -0.2) is 0 Å². The van der Waals surface area contributed by atoms with E-state index in [1.807, 2.05) is 0 Å². The van der Waals surface area contributed by atoms with E-state index >= 15 is 0 Å². The number of hydrogen-bond acceptors (Lipinski definition) is 0. The van der Waals surface area contributed by atoms with Crippen LogP contribution in [-0.2, 0) is 0 Å². The van der Waals surface area contributed by atoms with Crippen molar-refractivity contribution in [1.82, 2.24) is 0 Å². The summed E-state index contributed by atoms with van der Waals surface area (Å²) < 4.78 is 0. The van der Waals surface area contributed by atoms with Crippen molar-refractivity contribution in [3.8, 4) is 0 Å². The van der Waals surface area contributed by atoms with Crippen molar-refractivity contribution in [3.63, 3.8) is 0 Å². The lowest BCUT2D eigenvalue weighted by atomic mass is 9.46. The minimum atomic E-state index is 0.434. The van der Waals surface area contributed by atoms with Crippen LogP contribution in [0.3, 0.4) is 0 Å². The second kappa shape index (κ2) is 21.7. The van der Waals surface area contributed by atoms with Gasteiger partial charge in [-0.15, -0.1) is 0 Å². The highest BCUT2D eigenvalue weighted by Gasteiger charge is 2.53. The van der Waals surface area contributed by atoms with E-state index in [4.69, 9.17) is 0 Å². The highest BCUT2D eigenvalue weighted by Crippen LogP contribution is 2.63. The van der Waals surface area contributed by atoms with E-state index in [0.29, 0.717) is 27.1 Å². The summed E-state index contributed by atoms with van der Waals surface area (Å²) in [5, 5.41) is 0. The maximum absolute atomic E-state index is 2.71. The summed E-state index contributed by atoms with van der Waals surface area (Å²) in [5.74, 6) is 0. The van der Waals surface area contributed by atoms with Gasteiger partial charge in [0.1, 0.15) is 0 Å². The molecule has 0 spiro atoms. The highest BCUT2D eigenvalue weighted by molar-refractivity contribution is 5.03. The maximum atomic E-state index is 2.71. The average molecular weight is 565 g/mol. The van der Waals surface area contributed by atoms with E-state index in [9.17, 15) is 0 Å². The molecule has 3 atom stereocenters. The van der Waals surface area contributed by atoms with Crippen molar-refractivity contribution in [2.75, 3.05) is 0 Å². The second-order valence-electron chi connectivity index (χ2n) is 15.7. The van der Waals surface area contributed by atoms with Crippen LogP contribution in [0.2, 0.25) is 0 Å². The molecule has 0 bridgehead atoms. The molecule has 0 aromatic rings. The summed E-state index contributed by atoms with van der Waals surface area (Å²) in [6, 6.07) is 0. The Bertz CT molecular complexity index is 571. The minimum absolute atomic E-state index is 0.434. The van der Waals surface area contributed by atoms with Crippen molar-refractivity contribution in [3.05, 3.63) is 0 Å². The minimum Gasteiger partial charge on any atom is -0.0654 e. The third-order valence-corrected chi connectivity index (χ3v) is 12.3. The average Bonchev–Trinajstić information content (AvgIpc) is 2.92. The molecular formula is C40H84. The maximum Gasteiger partial charge on any atom is -0.0193 e. The first-order valence-corrected chi connectivity index (χ1v) is 18.7. The molecule has 0 rings (SSSR count). The molecule has 0 aromatic heterocycles. The SMILES string of the molecule is CCCCC(C)(CCC)C(C)(C)CC.CCCCCCC(C)(CCCCC)C(CCC)(CCCC)C(C)(C)CC. The van der Waals surface area contributed by atoms with Crippen molar-refractivity contribution < 1.29 is 0 Å². The lowest BCUT2D eigenvalue weighted by molar-refractivity contribution is -0.0943. The molecular weight excluding hydrogens is 480 g/mol. The van der Waals surface area contributed by atoms with E-state index in [0.717, 1.165) is 0 Å². The van der Waals surface area contributed by atoms with E-state index < -0.39 is 0 Å². The van der Waals surface area contributed by atoms with Crippen molar-refractivity contribution >= 4 is 0 Å². The molecule has 0 aliphatic heterocycles. The summed E-state index contributed by atoms with van der Waals surface area (Å²) in [7, 11) is 0. The molecule has 244 valence electrons. The van der Waals surface area contributed by atoms with Gasteiger partial charge in [0, 0.05) is 0 Å². The van der Waals surface area contributed by atoms with Crippen LogP contribution in [0.15, 0.2) is 0 Å². The summed E-state index contributed by atoms with van der Waals surface area (Å²) >= 11 is 0. The molecule has 0 saturated heterocycles. The Morgan fingerprint density at radius 2 is 0.700 bits per heavy atom. The Balaban J connectivity index is 0. The summed E-state index contributed by atoms with van der Waals surface area (Å²) in [5.41, 5.74) is 2.48. The zero-order valence-electron chi connectivity index (χ0n) is 31.3. The molecule has 0 heteroatoms. The van der Waals surface area contributed by atoms with E-state index in [2.05, 4.69) is 96.9 Å². The molecule has 3 unspecified atom stereocenters. The first kappa shape index (κ1) is 42.1. The number of hydrogen-bond donors (Lipinski definition) is 0. The molecule has 0 aromatic carbocycles. The van der Waals surface area contributed by atoms with Gasteiger partial charge in [0.25, 0.3) is 0 Å². The monoisotopic (exact) mass is 565 g/mol. The summed E-state index contributed by atoms with van der Waals surface area (Å²) in [6.45, 7) is 34.2. The molecule has 0 nitrogen and oxygen atoms in total. The first-order valence-electron chi connectivity index (χ1n) is 18.7. The lowest BCUT2D eigenvalue weighted by Crippen LogP contribution is -2.50. The lowest BCUT2D eigenvalue weighted by Gasteiger charge is -2.59. The molecule has 0 aliphatic carbocycles. The summed E-state index contributed by atoms with van der Waals surface area (Å²) in [4.78, 5) is 0. The molecule has 0 radical (unpaired) electrons. The first-order chi connectivity index (χ1) is 18.7. The second-order valence-corrected chi connectivity index (χ2v) is 15.7. The molecule has 0 fully saturated rings. The van der Waals surface area contributed by atoms with Gasteiger partial charge in [-0.1, -0.05) is 193 Å². The molecule has 0 N–H and O–H groups in total. The normalized spacial score (nSPS) is 16.9. The Morgan fingerprint density at radius 3 is 1.12 bits per heavy atom. The van der Waals surface area contributed by atoms with Crippen LogP contribution in [0, 0.1) is 27.1 Å². The van der Waals surface area contributed by atoms with Crippen LogP contribution in [0.25, 0.3) is 0 Å². The Morgan fingerprint density at radius 1 is 0.300 bits per heavy atom. The fourth-order valence-electron chi connectivity index (χ4n) is 8.12. The largest absolute Gasteiger partial charge is 0.0654 e. The predicted octanol–water partition coefficient (Wildman–Crippen LogP) is 15.4. The Hall–Kier alpha value is 0.